The number of carbonyl (C=O) groups excluding carboxylic acids is 3. The van der Waals surface area contributed by atoms with Gasteiger partial charge in [0.1, 0.15) is 18.1 Å². The molecule has 3 amide bonds. The van der Waals surface area contributed by atoms with Crippen LogP contribution in [-0.2, 0) is 30.4 Å². The van der Waals surface area contributed by atoms with Crippen LogP contribution in [0.4, 0.5) is 0 Å². The molecule has 0 bridgehead atoms. The monoisotopic (exact) mass is 515 g/mol. The summed E-state index contributed by atoms with van der Waals surface area (Å²) in [5, 5.41) is 25.4. The van der Waals surface area contributed by atoms with Crippen LogP contribution < -0.4 is 27.4 Å². The van der Waals surface area contributed by atoms with Crippen molar-refractivity contribution in [1.29, 1.82) is 0 Å². The van der Waals surface area contributed by atoms with Crippen molar-refractivity contribution in [2.75, 3.05) is 12.3 Å². The molecule has 1 aromatic heterocycles. The van der Waals surface area contributed by atoms with Crippen molar-refractivity contribution in [2.24, 2.45) is 11.5 Å². The summed E-state index contributed by atoms with van der Waals surface area (Å²) in [5.41, 5.74) is 11.6. The van der Waals surface area contributed by atoms with Gasteiger partial charge in [0.25, 0.3) is 0 Å². The molecule has 1 rings (SSSR count). The number of nitrogens with one attached hydrogen (secondary N) is 4. The fourth-order valence-corrected chi connectivity index (χ4v) is 3.26. The maximum Gasteiger partial charge on any atom is 0.326 e. The summed E-state index contributed by atoms with van der Waals surface area (Å²) in [4.78, 5) is 66.9. The number of imidazole rings is 1. The van der Waals surface area contributed by atoms with Crippen molar-refractivity contribution in [3.63, 3.8) is 0 Å². The van der Waals surface area contributed by atoms with Gasteiger partial charge in [-0.2, -0.15) is 12.6 Å². The van der Waals surface area contributed by atoms with E-state index in [1.807, 2.05) is 0 Å². The molecule has 10 N–H and O–H groups in total. The molecule has 1 heterocycles. The first-order chi connectivity index (χ1) is 16.6. The molecule has 0 aliphatic rings. The number of hydrogen-bond donors (Lipinski definition) is 9. The van der Waals surface area contributed by atoms with Crippen LogP contribution in [0.1, 0.15) is 37.8 Å². The largest absolute Gasteiger partial charge is 0.481 e. The van der Waals surface area contributed by atoms with Gasteiger partial charge >= 0.3 is 11.9 Å². The predicted octanol–water partition coefficient (Wildman–Crippen LogP) is -2.26. The van der Waals surface area contributed by atoms with Crippen LogP contribution >= 0.6 is 12.6 Å². The molecule has 4 atom stereocenters. The lowest BCUT2D eigenvalue weighted by Crippen LogP contribution is -2.58. The molecule has 4 unspecified atom stereocenters. The lowest BCUT2D eigenvalue weighted by molar-refractivity contribution is -0.142. The number of carbonyl (C=O) groups is 5. The first kappa shape index (κ1) is 29.9. The van der Waals surface area contributed by atoms with E-state index in [-0.39, 0.29) is 31.4 Å². The molecule has 0 aliphatic heterocycles. The number of nitrogens with zero attached hydrogens (tertiary/aromatic N) is 1. The predicted molar refractivity (Wildman–Crippen MR) is 127 cm³/mol. The minimum absolute atomic E-state index is 0.0268. The fraction of sp³-hybridized carbons (Fsp3) is 0.600. The van der Waals surface area contributed by atoms with E-state index in [9.17, 15) is 29.1 Å². The van der Waals surface area contributed by atoms with E-state index < -0.39 is 53.8 Å². The number of amides is 3. The number of carboxylic acids is 2. The van der Waals surface area contributed by atoms with Gasteiger partial charge in [-0.3, -0.25) is 19.2 Å². The van der Waals surface area contributed by atoms with Crippen molar-refractivity contribution in [1.82, 2.24) is 25.9 Å². The summed E-state index contributed by atoms with van der Waals surface area (Å²) < 4.78 is 0. The first-order valence-electron chi connectivity index (χ1n) is 11.0. The Bertz CT molecular complexity index is 853. The smallest absolute Gasteiger partial charge is 0.326 e. The summed E-state index contributed by atoms with van der Waals surface area (Å²) >= 11 is 4.08. The number of aliphatic carboxylic acids is 2. The number of nitrogens with two attached hydrogens (primary N) is 2. The number of carboxylic acid groups (broad SMARTS) is 2. The molecule has 0 spiro atoms. The molecule has 0 saturated carbocycles. The van der Waals surface area contributed by atoms with E-state index >= 15 is 0 Å². The Morgan fingerprint density at radius 3 is 2.14 bits per heavy atom. The average molecular weight is 516 g/mol. The summed E-state index contributed by atoms with van der Waals surface area (Å²) in [7, 11) is 0. The first-order valence-corrected chi connectivity index (χ1v) is 11.6. The molecule has 15 heteroatoms. The second-order valence-electron chi connectivity index (χ2n) is 7.81. The average Bonchev–Trinajstić information content (AvgIpc) is 3.32. The van der Waals surface area contributed by atoms with E-state index in [4.69, 9.17) is 16.6 Å². The molecule has 0 aromatic carbocycles. The van der Waals surface area contributed by atoms with Gasteiger partial charge in [0.2, 0.25) is 17.7 Å². The van der Waals surface area contributed by atoms with E-state index in [0.29, 0.717) is 25.1 Å². The number of aromatic nitrogens is 2. The zero-order valence-electron chi connectivity index (χ0n) is 19.1. The molecule has 0 fully saturated rings. The number of unbranched alkanes of at least 4 members (excludes halogenated alkanes) is 1. The van der Waals surface area contributed by atoms with Gasteiger partial charge in [-0.1, -0.05) is 0 Å². The Kier molecular flexibility index (Phi) is 13.4. The summed E-state index contributed by atoms with van der Waals surface area (Å²) in [6.45, 7) is 0.388. The van der Waals surface area contributed by atoms with Gasteiger partial charge in [0.05, 0.1) is 12.4 Å². The second-order valence-corrected chi connectivity index (χ2v) is 8.17. The van der Waals surface area contributed by atoms with Gasteiger partial charge in [-0.15, -0.1) is 0 Å². The number of rotatable bonds is 17. The van der Waals surface area contributed by atoms with Gasteiger partial charge in [0.15, 0.2) is 0 Å². The standard InChI is InChI=1S/C20H33N7O7S/c21-6-2-1-3-13(20(33)34)25-19(32)15(9-35)27-18(31)14(7-11-8-23-10-24-11)26-17(30)12(22)4-5-16(28)29/h8,10,12-15,35H,1-7,9,21-22H2,(H,23,24)(H,25,32)(H,26,30)(H,27,31)(H,28,29)(H,33,34). The van der Waals surface area contributed by atoms with E-state index in [2.05, 4.69) is 38.5 Å². The Morgan fingerprint density at radius 1 is 0.971 bits per heavy atom. The molecule has 196 valence electrons. The highest BCUT2D eigenvalue weighted by molar-refractivity contribution is 7.80. The van der Waals surface area contributed by atoms with Crippen molar-refractivity contribution < 1.29 is 34.2 Å². The lowest BCUT2D eigenvalue weighted by Gasteiger charge is -2.24. The SMILES string of the molecule is NCCCCC(NC(=O)C(CS)NC(=O)C(Cc1cnc[nH]1)NC(=O)C(N)CCC(=O)O)C(=O)O. The van der Waals surface area contributed by atoms with Crippen LogP contribution in [0.3, 0.4) is 0 Å². The molecule has 0 radical (unpaired) electrons. The Morgan fingerprint density at radius 2 is 1.60 bits per heavy atom. The number of thiol groups is 1. The van der Waals surface area contributed by atoms with Crippen LogP contribution in [0, 0.1) is 0 Å². The molecule has 14 nitrogen and oxygen atoms in total. The Hall–Kier alpha value is -3.17. The van der Waals surface area contributed by atoms with Gasteiger partial charge in [-0.25, -0.2) is 9.78 Å². The molecule has 35 heavy (non-hydrogen) atoms. The Balaban J connectivity index is 2.88. The number of hydrogen-bond acceptors (Lipinski definition) is 9. The van der Waals surface area contributed by atoms with Gasteiger partial charge < -0.3 is 42.6 Å². The summed E-state index contributed by atoms with van der Waals surface area (Å²) in [6.07, 6.45) is 3.58. The highest BCUT2D eigenvalue weighted by Crippen LogP contribution is 2.05. The normalized spacial score (nSPS) is 14.3. The zero-order chi connectivity index (χ0) is 26.4. The van der Waals surface area contributed by atoms with Gasteiger partial charge in [0, 0.05) is 30.5 Å². The number of aromatic amines is 1. The highest BCUT2D eigenvalue weighted by Gasteiger charge is 2.30. The quantitative estimate of drug-likeness (QED) is 0.0796. The van der Waals surface area contributed by atoms with Crippen molar-refractivity contribution >= 4 is 42.3 Å². The second kappa shape index (κ2) is 15.7. The van der Waals surface area contributed by atoms with Crippen LogP contribution in [0.2, 0.25) is 0 Å². The Labute approximate surface area is 207 Å². The topological polar surface area (TPSA) is 243 Å². The van der Waals surface area contributed by atoms with Crippen LogP contribution in [0.5, 0.6) is 0 Å². The molecular formula is C20H33N7O7S. The maximum absolute atomic E-state index is 13.0. The zero-order valence-corrected chi connectivity index (χ0v) is 20.0. The summed E-state index contributed by atoms with van der Waals surface area (Å²) in [5.74, 6) is -4.73. The molecular weight excluding hydrogens is 482 g/mol. The third-order valence-corrected chi connectivity index (χ3v) is 5.36. The van der Waals surface area contributed by atoms with Crippen molar-refractivity contribution in [3.05, 3.63) is 18.2 Å². The van der Waals surface area contributed by atoms with E-state index in [1.165, 1.54) is 12.5 Å². The van der Waals surface area contributed by atoms with Crippen molar-refractivity contribution in [3.8, 4) is 0 Å². The highest BCUT2D eigenvalue weighted by atomic mass is 32.1. The third-order valence-electron chi connectivity index (χ3n) is 4.99. The fourth-order valence-electron chi connectivity index (χ4n) is 3.00. The van der Waals surface area contributed by atoms with E-state index in [1.54, 1.807) is 0 Å². The summed E-state index contributed by atoms with van der Waals surface area (Å²) in [6, 6.07) is -4.71. The molecule has 0 saturated heterocycles. The number of H-pyrrole nitrogens is 1. The van der Waals surface area contributed by atoms with Gasteiger partial charge in [-0.05, 0) is 32.2 Å². The van der Waals surface area contributed by atoms with Crippen LogP contribution in [0.15, 0.2) is 12.5 Å². The lowest BCUT2D eigenvalue weighted by atomic mass is 10.1. The maximum atomic E-state index is 13.0. The molecule has 0 aliphatic carbocycles. The molecule has 1 aromatic rings. The van der Waals surface area contributed by atoms with Crippen molar-refractivity contribution in [2.45, 2.75) is 62.7 Å². The minimum Gasteiger partial charge on any atom is -0.481 e. The van der Waals surface area contributed by atoms with Crippen LogP contribution in [0.25, 0.3) is 0 Å². The van der Waals surface area contributed by atoms with Crippen LogP contribution in [-0.4, -0.2) is 86.3 Å². The van der Waals surface area contributed by atoms with E-state index in [0.717, 1.165) is 0 Å². The minimum atomic E-state index is -1.22. The third kappa shape index (κ3) is 11.2.